The maximum absolute atomic E-state index is 14.2. The van der Waals surface area contributed by atoms with Crippen molar-refractivity contribution in [1.29, 1.82) is 0 Å². The van der Waals surface area contributed by atoms with Crippen molar-refractivity contribution in [1.82, 2.24) is 4.90 Å². The van der Waals surface area contributed by atoms with Gasteiger partial charge >= 0.3 is 0 Å². The van der Waals surface area contributed by atoms with E-state index in [2.05, 4.69) is 67.3 Å². The van der Waals surface area contributed by atoms with Crippen LogP contribution in [0.1, 0.15) is 76.0 Å². The fraction of sp³-hybridized carbons (Fsp3) is 0.368. The van der Waals surface area contributed by atoms with Gasteiger partial charge in [-0.1, -0.05) is 58.0 Å². The van der Waals surface area contributed by atoms with Gasteiger partial charge in [0.1, 0.15) is 6.61 Å². The molecule has 0 aromatic heterocycles. The van der Waals surface area contributed by atoms with E-state index in [1.165, 1.54) is 12.1 Å². The Kier molecular flexibility index (Phi) is 8.80. The van der Waals surface area contributed by atoms with Crippen molar-refractivity contribution in [2.75, 3.05) is 7.11 Å². The number of hydrogen-bond acceptors (Lipinski definition) is 7. The first-order chi connectivity index (χ1) is 22.3. The van der Waals surface area contributed by atoms with Gasteiger partial charge in [-0.3, -0.25) is 19.7 Å². The molecular weight excluding hydrogens is 707 g/mol. The van der Waals surface area contributed by atoms with Crippen LogP contribution >= 0.6 is 22.6 Å². The number of nitrogens with zero attached hydrogens (tertiary/aromatic N) is 2. The fourth-order valence-corrected chi connectivity index (χ4v) is 8.03. The Hall–Kier alpha value is -3.99. The molecule has 0 atom stereocenters. The second kappa shape index (κ2) is 12.6. The first-order valence-electron chi connectivity index (χ1n) is 15.8. The highest BCUT2D eigenvalue weighted by Gasteiger charge is 2.49. The highest BCUT2D eigenvalue weighted by atomic mass is 127. The van der Waals surface area contributed by atoms with Crippen LogP contribution in [0.5, 0.6) is 11.5 Å². The molecule has 9 heteroatoms. The van der Waals surface area contributed by atoms with Crippen LogP contribution in [0.15, 0.2) is 89.3 Å². The summed E-state index contributed by atoms with van der Waals surface area (Å²) in [6, 6.07) is 20.4. The van der Waals surface area contributed by atoms with Gasteiger partial charge in [0.05, 0.1) is 15.6 Å². The van der Waals surface area contributed by atoms with E-state index >= 15 is 0 Å². The van der Waals surface area contributed by atoms with Crippen LogP contribution in [-0.4, -0.2) is 28.5 Å². The molecular formula is C38H39IN2O6. The topological polar surface area (TPSA) is 99.0 Å². The lowest BCUT2D eigenvalue weighted by molar-refractivity contribution is -0.384. The van der Waals surface area contributed by atoms with Crippen molar-refractivity contribution in [3.8, 4) is 11.5 Å². The molecule has 2 aliphatic carbocycles. The minimum atomic E-state index is -0.509. The molecule has 3 aromatic carbocycles. The van der Waals surface area contributed by atoms with Gasteiger partial charge < -0.3 is 14.4 Å². The monoisotopic (exact) mass is 746 g/mol. The van der Waals surface area contributed by atoms with Crippen molar-refractivity contribution in [2.24, 2.45) is 10.8 Å². The van der Waals surface area contributed by atoms with E-state index in [1.807, 2.05) is 30.3 Å². The minimum absolute atomic E-state index is 0.0173. The second-order valence-electron chi connectivity index (χ2n) is 14.4. The van der Waals surface area contributed by atoms with Gasteiger partial charge in [-0.15, -0.1) is 0 Å². The summed E-state index contributed by atoms with van der Waals surface area (Å²) in [5.74, 6) is 0.682. The van der Waals surface area contributed by atoms with Crippen molar-refractivity contribution >= 4 is 39.8 Å². The van der Waals surface area contributed by atoms with Gasteiger partial charge in [0, 0.05) is 60.0 Å². The van der Waals surface area contributed by atoms with Gasteiger partial charge in [-0.05, 0) is 87.2 Å². The molecule has 3 aromatic rings. The van der Waals surface area contributed by atoms with Crippen molar-refractivity contribution in [3.63, 3.8) is 0 Å². The number of ether oxygens (including phenoxy) is 2. The number of methoxy groups -OCH3 is 1. The molecule has 0 fully saturated rings. The quantitative estimate of drug-likeness (QED) is 0.129. The zero-order valence-corrected chi connectivity index (χ0v) is 29.6. The van der Waals surface area contributed by atoms with Gasteiger partial charge in [-0.2, -0.15) is 0 Å². The molecule has 0 saturated heterocycles. The van der Waals surface area contributed by atoms with E-state index in [0.717, 1.165) is 44.5 Å². The molecule has 0 amide bonds. The predicted octanol–water partition coefficient (Wildman–Crippen LogP) is 8.67. The molecule has 1 heterocycles. The third-order valence-electron chi connectivity index (χ3n) is 9.32. The van der Waals surface area contributed by atoms with Crippen LogP contribution in [0, 0.1) is 24.5 Å². The van der Waals surface area contributed by atoms with Crippen molar-refractivity contribution in [3.05, 3.63) is 120 Å². The molecule has 244 valence electrons. The van der Waals surface area contributed by atoms with E-state index < -0.39 is 10.8 Å². The van der Waals surface area contributed by atoms with Crippen LogP contribution in [0.2, 0.25) is 0 Å². The zero-order valence-electron chi connectivity index (χ0n) is 27.4. The number of carbonyl (C=O) groups is 2. The Morgan fingerprint density at radius 1 is 0.851 bits per heavy atom. The smallest absolute Gasteiger partial charge is 0.269 e. The number of rotatable bonds is 8. The second-order valence-corrected chi connectivity index (χ2v) is 15.5. The number of benzene rings is 3. The van der Waals surface area contributed by atoms with Crippen LogP contribution in [-0.2, 0) is 22.7 Å². The molecule has 0 spiro atoms. The minimum Gasteiger partial charge on any atom is -0.493 e. The van der Waals surface area contributed by atoms with E-state index in [1.54, 1.807) is 19.2 Å². The Bertz CT molecular complexity index is 1770. The van der Waals surface area contributed by atoms with Gasteiger partial charge in [0.15, 0.2) is 23.1 Å². The number of non-ortho nitro benzene ring substituents is 1. The Labute approximate surface area is 289 Å². The summed E-state index contributed by atoms with van der Waals surface area (Å²) in [6.45, 7) is 9.36. The van der Waals surface area contributed by atoms with E-state index in [0.29, 0.717) is 42.0 Å². The molecule has 0 unspecified atom stereocenters. The third kappa shape index (κ3) is 6.59. The number of hydrogen-bond donors (Lipinski definition) is 0. The molecule has 47 heavy (non-hydrogen) atoms. The fourth-order valence-electron chi connectivity index (χ4n) is 7.25. The average Bonchev–Trinajstić information content (AvgIpc) is 3.00. The largest absolute Gasteiger partial charge is 0.493 e. The summed E-state index contributed by atoms with van der Waals surface area (Å²) in [5.41, 5.74) is 5.76. The summed E-state index contributed by atoms with van der Waals surface area (Å²) in [6.07, 6.45) is 2.28. The highest BCUT2D eigenvalue weighted by molar-refractivity contribution is 14.1. The standard InChI is InChI=1S/C38H39IN2O6/c1-37(2)17-28-34(30(42)19-37)33(35-29(18-38(3,4)20-31(35)43)40(28)21-23-9-7-6-8-10-23)25-15-27(39)36(32(16-25)46-5)47-22-24-11-13-26(14-12-24)41(44)45/h6-16,33H,17-22H2,1-5H3. The molecule has 0 radical (unpaired) electrons. The van der Waals surface area contributed by atoms with Gasteiger partial charge in [-0.25, -0.2) is 0 Å². The third-order valence-corrected chi connectivity index (χ3v) is 10.1. The normalized spacial score (nSPS) is 19.0. The molecule has 0 N–H and O–H groups in total. The predicted molar refractivity (Wildman–Crippen MR) is 188 cm³/mol. The Morgan fingerprint density at radius 2 is 1.43 bits per heavy atom. The molecule has 6 rings (SSSR count). The molecule has 0 bridgehead atoms. The number of nitro groups is 1. The van der Waals surface area contributed by atoms with E-state index in [-0.39, 0.29) is 34.7 Å². The lowest BCUT2D eigenvalue weighted by atomic mass is 9.63. The van der Waals surface area contributed by atoms with E-state index in [4.69, 9.17) is 9.47 Å². The first kappa shape index (κ1) is 32.9. The van der Waals surface area contributed by atoms with Crippen LogP contribution in [0.3, 0.4) is 0 Å². The lowest BCUT2D eigenvalue weighted by Gasteiger charge is -2.49. The SMILES string of the molecule is COc1cc(C2C3=C(CC(C)(C)CC3=O)N(Cc3ccccc3)C3=C2C(=O)CC(C)(C)C3)cc(I)c1OCc1ccc([N+](=O)[O-])cc1. The van der Waals surface area contributed by atoms with Crippen LogP contribution in [0.4, 0.5) is 5.69 Å². The van der Waals surface area contributed by atoms with Crippen LogP contribution < -0.4 is 9.47 Å². The number of carbonyl (C=O) groups excluding carboxylic acids is 2. The number of halogens is 1. The van der Waals surface area contributed by atoms with Gasteiger partial charge in [0.25, 0.3) is 5.69 Å². The first-order valence-corrected chi connectivity index (χ1v) is 16.9. The summed E-state index contributed by atoms with van der Waals surface area (Å²) in [4.78, 5) is 41.4. The molecule has 3 aliphatic rings. The average molecular weight is 747 g/mol. The summed E-state index contributed by atoms with van der Waals surface area (Å²) >= 11 is 2.22. The molecule has 8 nitrogen and oxygen atoms in total. The summed E-state index contributed by atoms with van der Waals surface area (Å²) in [7, 11) is 1.58. The number of Topliss-reactive ketones (excluding diaryl/α,β-unsaturated/α-hetero) is 2. The lowest BCUT2D eigenvalue weighted by Crippen LogP contribution is -2.44. The van der Waals surface area contributed by atoms with Crippen molar-refractivity contribution in [2.45, 2.75) is 72.4 Å². The maximum Gasteiger partial charge on any atom is 0.269 e. The Morgan fingerprint density at radius 3 is 1.96 bits per heavy atom. The summed E-state index contributed by atoms with van der Waals surface area (Å²) in [5, 5.41) is 11.1. The number of ketones is 2. The highest BCUT2D eigenvalue weighted by Crippen LogP contribution is 2.55. The molecule has 0 saturated carbocycles. The summed E-state index contributed by atoms with van der Waals surface area (Å²) < 4.78 is 12.8. The molecule has 1 aliphatic heterocycles. The van der Waals surface area contributed by atoms with Gasteiger partial charge in [0.2, 0.25) is 0 Å². The number of nitro benzene ring substituents is 1. The zero-order chi connectivity index (χ0) is 33.7. The Balaban J connectivity index is 1.47. The number of allylic oxidation sites excluding steroid dienone is 4. The van der Waals surface area contributed by atoms with Crippen molar-refractivity contribution < 1.29 is 24.0 Å². The van der Waals surface area contributed by atoms with Crippen LogP contribution in [0.25, 0.3) is 0 Å². The van der Waals surface area contributed by atoms with E-state index in [9.17, 15) is 19.7 Å². The maximum atomic E-state index is 14.2.